The highest BCUT2D eigenvalue weighted by atomic mass is 16.5. The Labute approximate surface area is 182 Å². The predicted octanol–water partition coefficient (Wildman–Crippen LogP) is 3.31. The molecule has 1 fully saturated rings. The number of benzene rings is 1. The van der Waals surface area contributed by atoms with E-state index in [0.29, 0.717) is 49.1 Å². The topological polar surface area (TPSA) is 87.4 Å². The number of nitrogens with zero attached hydrogens (tertiary/aromatic N) is 1. The predicted molar refractivity (Wildman–Crippen MR) is 113 cm³/mol. The van der Waals surface area contributed by atoms with E-state index >= 15 is 0 Å². The Morgan fingerprint density at radius 2 is 1.81 bits per heavy atom. The molecular formula is C23H29NO7. The van der Waals surface area contributed by atoms with Gasteiger partial charge < -0.3 is 28.3 Å². The number of ether oxygens (including phenoxy) is 4. The summed E-state index contributed by atoms with van der Waals surface area (Å²) in [6.07, 6.45) is 1.86. The number of methoxy groups -OCH3 is 3. The van der Waals surface area contributed by atoms with Crippen molar-refractivity contribution >= 4 is 11.9 Å². The highest BCUT2D eigenvalue weighted by molar-refractivity contribution is 5.92. The molecular weight excluding hydrogens is 402 g/mol. The number of rotatable bonds is 8. The number of esters is 1. The summed E-state index contributed by atoms with van der Waals surface area (Å²) >= 11 is 0. The molecule has 168 valence electrons. The van der Waals surface area contributed by atoms with Crippen LogP contribution in [-0.2, 0) is 16.0 Å². The van der Waals surface area contributed by atoms with Crippen LogP contribution < -0.4 is 14.2 Å². The smallest absolute Gasteiger partial charge is 0.310 e. The van der Waals surface area contributed by atoms with Crippen molar-refractivity contribution in [3.05, 3.63) is 41.3 Å². The lowest BCUT2D eigenvalue weighted by Crippen LogP contribution is -2.42. The van der Waals surface area contributed by atoms with Crippen LogP contribution in [0.4, 0.5) is 0 Å². The fourth-order valence-corrected chi connectivity index (χ4v) is 3.78. The molecule has 1 atom stereocenters. The summed E-state index contributed by atoms with van der Waals surface area (Å²) in [6, 6.07) is 6.98. The van der Waals surface area contributed by atoms with Crippen LogP contribution in [0, 0.1) is 5.92 Å². The first-order valence-corrected chi connectivity index (χ1v) is 10.3. The summed E-state index contributed by atoms with van der Waals surface area (Å²) in [5.74, 6) is 1.90. The lowest BCUT2D eigenvalue weighted by Gasteiger charge is -2.30. The Bertz CT molecular complexity index is 895. The largest absolute Gasteiger partial charge is 0.496 e. The molecule has 2 heterocycles. The average Bonchev–Trinajstić information content (AvgIpc) is 3.27. The first-order valence-electron chi connectivity index (χ1n) is 10.3. The molecule has 2 aromatic rings. The van der Waals surface area contributed by atoms with Crippen molar-refractivity contribution in [2.45, 2.75) is 26.2 Å². The summed E-state index contributed by atoms with van der Waals surface area (Å²) in [4.78, 5) is 26.7. The van der Waals surface area contributed by atoms with Gasteiger partial charge in [-0.05, 0) is 31.9 Å². The molecule has 0 radical (unpaired) electrons. The maximum atomic E-state index is 12.9. The van der Waals surface area contributed by atoms with Crippen LogP contribution in [0.2, 0.25) is 0 Å². The Morgan fingerprint density at radius 1 is 1.10 bits per heavy atom. The summed E-state index contributed by atoms with van der Waals surface area (Å²) in [5, 5.41) is 0. The van der Waals surface area contributed by atoms with Crippen molar-refractivity contribution in [1.82, 2.24) is 4.90 Å². The van der Waals surface area contributed by atoms with Gasteiger partial charge in [-0.1, -0.05) is 0 Å². The lowest BCUT2D eigenvalue weighted by atomic mass is 9.98. The normalized spacial score (nSPS) is 16.0. The van der Waals surface area contributed by atoms with Crippen LogP contribution in [0.25, 0.3) is 0 Å². The fraction of sp³-hybridized carbons (Fsp3) is 0.478. The van der Waals surface area contributed by atoms with Gasteiger partial charge in [0.05, 0.1) is 33.9 Å². The van der Waals surface area contributed by atoms with E-state index < -0.39 is 0 Å². The first-order chi connectivity index (χ1) is 15.0. The van der Waals surface area contributed by atoms with Crippen molar-refractivity contribution in [3.63, 3.8) is 0 Å². The second kappa shape index (κ2) is 10.2. The van der Waals surface area contributed by atoms with Gasteiger partial charge >= 0.3 is 5.97 Å². The van der Waals surface area contributed by atoms with Gasteiger partial charge in [-0.3, -0.25) is 9.59 Å². The molecule has 0 aliphatic carbocycles. The number of amides is 1. The van der Waals surface area contributed by atoms with E-state index in [1.165, 1.54) is 0 Å². The second-order valence-corrected chi connectivity index (χ2v) is 7.30. The number of carbonyl (C=O) groups excluding carboxylic acids is 2. The quantitative estimate of drug-likeness (QED) is 0.593. The van der Waals surface area contributed by atoms with Crippen LogP contribution in [0.15, 0.2) is 28.7 Å². The van der Waals surface area contributed by atoms with Crippen LogP contribution in [0.3, 0.4) is 0 Å². The van der Waals surface area contributed by atoms with Crippen LogP contribution in [-0.4, -0.2) is 57.8 Å². The third-order valence-electron chi connectivity index (χ3n) is 5.37. The second-order valence-electron chi connectivity index (χ2n) is 7.30. The number of furan rings is 1. The van der Waals surface area contributed by atoms with E-state index in [0.717, 1.165) is 18.4 Å². The SMILES string of the molecule is CCOC(=O)C1CCCN(C(=O)c2ccc(Cc3c(OC)cc(OC)cc3OC)o2)C1. The molecule has 0 saturated carbocycles. The molecule has 0 spiro atoms. The molecule has 31 heavy (non-hydrogen) atoms. The number of hydrogen-bond donors (Lipinski definition) is 0. The molecule has 8 heteroatoms. The maximum Gasteiger partial charge on any atom is 0.310 e. The van der Waals surface area contributed by atoms with E-state index in [9.17, 15) is 9.59 Å². The van der Waals surface area contributed by atoms with Crippen LogP contribution in [0.1, 0.15) is 41.6 Å². The minimum Gasteiger partial charge on any atom is -0.496 e. The van der Waals surface area contributed by atoms with E-state index in [1.807, 2.05) is 0 Å². The molecule has 1 aromatic carbocycles. The standard InChI is InChI=1S/C23H29NO7/c1-5-30-23(26)15-7-6-10-24(14-15)22(25)19-9-8-16(31-19)11-18-20(28-3)12-17(27-2)13-21(18)29-4/h8-9,12-13,15H,5-7,10-11,14H2,1-4H3. The number of likely N-dealkylation sites (tertiary alicyclic amines) is 1. The van der Waals surface area contributed by atoms with Gasteiger partial charge in [-0.2, -0.15) is 0 Å². The fourth-order valence-electron chi connectivity index (χ4n) is 3.78. The Hall–Kier alpha value is -3.16. The van der Waals surface area contributed by atoms with Crippen molar-refractivity contribution < 1.29 is 33.0 Å². The maximum absolute atomic E-state index is 12.9. The van der Waals surface area contributed by atoms with Gasteiger partial charge in [-0.25, -0.2) is 0 Å². The van der Waals surface area contributed by atoms with Gasteiger partial charge in [0.15, 0.2) is 5.76 Å². The third kappa shape index (κ3) is 5.13. The first kappa shape index (κ1) is 22.5. The van der Waals surface area contributed by atoms with Crippen molar-refractivity contribution in [1.29, 1.82) is 0 Å². The summed E-state index contributed by atoms with van der Waals surface area (Å²) in [5.41, 5.74) is 0.791. The van der Waals surface area contributed by atoms with Gasteiger partial charge in [0.2, 0.25) is 0 Å². The van der Waals surface area contributed by atoms with Crippen LogP contribution in [0.5, 0.6) is 17.2 Å². The molecule has 0 bridgehead atoms. The third-order valence-corrected chi connectivity index (χ3v) is 5.37. The molecule has 8 nitrogen and oxygen atoms in total. The van der Waals surface area contributed by atoms with E-state index in [1.54, 1.807) is 57.4 Å². The molecule has 1 aromatic heterocycles. The zero-order valence-electron chi connectivity index (χ0n) is 18.4. The van der Waals surface area contributed by atoms with Gasteiger partial charge in [-0.15, -0.1) is 0 Å². The van der Waals surface area contributed by atoms with Gasteiger partial charge in [0.25, 0.3) is 5.91 Å². The average molecular weight is 431 g/mol. The number of carbonyl (C=O) groups is 2. The zero-order valence-corrected chi connectivity index (χ0v) is 18.4. The summed E-state index contributed by atoms with van der Waals surface area (Å²) in [7, 11) is 4.72. The van der Waals surface area contributed by atoms with E-state index in [-0.39, 0.29) is 23.6 Å². The van der Waals surface area contributed by atoms with E-state index in [4.69, 9.17) is 23.4 Å². The minimum absolute atomic E-state index is 0.228. The molecule has 3 rings (SSSR count). The van der Waals surface area contributed by atoms with Gasteiger partial charge in [0.1, 0.15) is 23.0 Å². The summed E-state index contributed by atoms with van der Waals surface area (Å²) < 4.78 is 27.2. The molecule has 0 N–H and O–H groups in total. The lowest BCUT2D eigenvalue weighted by molar-refractivity contribution is -0.149. The molecule has 1 saturated heterocycles. The van der Waals surface area contributed by atoms with Crippen molar-refractivity contribution in [2.75, 3.05) is 41.0 Å². The highest BCUT2D eigenvalue weighted by Gasteiger charge is 2.31. The highest BCUT2D eigenvalue weighted by Crippen LogP contribution is 2.36. The van der Waals surface area contributed by atoms with Crippen LogP contribution >= 0.6 is 0 Å². The Kier molecular flexibility index (Phi) is 7.44. The van der Waals surface area contributed by atoms with Gasteiger partial charge in [0, 0.05) is 37.2 Å². The molecule has 1 amide bonds. The molecule has 1 unspecified atom stereocenters. The minimum atomic E-state index is -0.292. The van der Waals surface area contributed by atoms with Crippen molar-refractivity contribution in [3.8, 4) is 17.2 Å². The molecule has 1 aliphatic heterocycles. The number of piperidine rings is 1. The number of hydrogen-bond acceptors (Lipinski definition) is 7. The summed E-state index contributed by atoms with van der Waals surface area (Å²) in [6.45, 7) is 3.04. The zero-order chi connectivity index (χ0) is 22.4. The monoisotopic (exact) mass is 431 g/mol. The Morgan fingerprint density at radius 3 is 2.42 bits per heavy atom. The van der Waals surface area contributed by atoms with Crippen molar-refractivity contribution in [2.24, 2.45) is 5.92 Å². The van der Waals surface area contributed by atoms with E-state index in [2.05, 4.69) is 0 Å². The Balaban J connectivity index is 1.75. The molecule has 1 aliphatic rings.